The van der Waals surface area contributed by atoms with Gasteiger partial charge in [0.2, 0.25) is 11.8 Å². The summed E-state index contributed by atoms with van der Waals surface area (Å²) in [5, 5.41) is 2.28. The van der Waals surface area contributed by atoms with E-state index in [1.165, 1.54) is 13.1 Å². The fourth-order valence-electron chi connectivity index (χ4n) is 4.22. The maximum atomic E-state index is 14.3. The first-order chi connectivity index (χ1) is 11.0. The van der Waals surface area contributed by atoms with E-state index in [4.69, 9.17) is 0 Å². The van der Waals surface area contributed by atoms with E-state index in [0.29, 0.717) is 24.2 Å². The van der Waals surface area contributed by atoms with E-state index in [1.807, 2.05) is 4.90 Å². The molecule has 6 nitrogen and oxygen atoms in total. The lowest BCUT2D eigenvalue weighted by atomic mass is 9.68. The van der Waals surface area contributed by atoms with E-state index >= 15 is 0 Å². The second kappa shape index (κ2) is 4.53. The minimum atomic E-state index is -1.36. The summed E-state index contributed by atoms with van der Waals surface area (Å²) in [6.07, 6.45) is 1.51. The maximum Gasteiger partial charge on any atom is 0.330 e. The van der Waals surface area contributed by atoms with Crippen molar-refractivity contribution in [2.24, 2.45) is 5.41 Å². The largest absolute Gasteiger partial charge is 0.364 e. The Kier molecular flexibility index (Phi) is 2.79. The summed E-state index contributed by atoms with van der Waals surface area (Å²) in [4.78, 5) is 40.1. The SMILES string of the molecule is CN1C(=O)NC(=O)[C@]2(Cc3cccc(F)c3N3CCC[C@@H]32)C1=O. The van der Waals surface area contributed by atoms with E-state index in [0.717, 1.165) is 11.3 Å². The van der Waals surface area contributed by atoms with Crippen molar-refractivity contribution in [1.82, 2.24) is 10.2 Å². The molecule has 1 aromatic carbocycles. The van der Waals surface area contributed by atoms with Gasteiger partial charge in [-0.05, 0) is 30.9 Å². The number of anilines is 1. The van der Waals surface area contributed by atoms with E-state index in [1.54, 1.807) is 12.1 Å². The van der Waals surface area contributed by atoms with Gasteiger partial charge < -0.3 is 4.90 Å². The number of hydrogen-bond donors (Lipinski definition) is 1. The number of urea groups is 1. The number of hydrogen-bond acceptors (Lipinski definition) is 4. The number of halogens is 1. The van der Waals surface area contributed by atoms with Gasteiger partial charge in [0.1, 0.15) is 5.82 Å². The molecule has 3 aliphatic rings. The summed E-state index contributed by atoms with van der Waals surface area (Å²) in [6, 6.07) is 3.59. The molecular weight excluding hydrogens is 301 g/mol. The molecule has 1 spiro atoms. The molecule has 2 saturated heterocycles. The van der Waals surface area contributed by atoms with Crippen LogP contribution in [0.15, 0.2) is 18.2 Å². The van der Waals surface area contributed by atoms with Gasteiger partial charge in [0.25, 0.3) is 0 Å². The van der Waals surface area contributed by atoms with Gasteiger partial charge in [-0.3, -0.25) is 19.8 Å². The Labute approximate surface area is 132 Å². The molecule has 4 rings (SSSR count). The van der Waals surface area contributed by atoms with Crippen LogP contribution in [0, 0.1) is 11.2 Å². The Morgan fingerprint density at radius 3 is 2.87 bits per heavy atom. The second-order valence-corrected chi connectivity index (χ2v) is 6.37. The van der Waals surface area contributed by atoms with Crippen molar-refractivity contribution in [1.29, 1.82) is 0 Å². The number of benzene rings is 1. The summed E-state index contributed by atoms with van der Waals surface area (Å²) < 4.78 is 14.3. The van der Waals surface area contributed by atoms with Crippen LogP contribution >= 0.6 is 0 Å². The smallest absolute Gasteiger partial charge is 0.330 e. The molecule has 3 heterocycles. The molecule has 120 valence electrons. The van der Waals surface area contributed by atoms with Crippen LogP contribution in [-0.4, -0.2) is 42.4 Å². The molecule has 0 aromatic heterocycles. The first kappa shape index (κ1) is 14.2. The Morgan fingerprint density at radius 2 is 2.09 bits per heavy atom. The van der Waals surface area contributed by atoms with Crippen LogP contribution in [0.3, 0.4) is 0 Å². The predicted molar refractivity (Wildman–Crippen MR) is 79.2 cm³/mol. The van der Waals surface area contributed by atoms with Gasteiger partial charge in [-0.1, -0.05) is 12.1 Å². The molecule has 7 heteroatoms. The minimum Gasteiger partial charge on any atom is -0.364 e. The molecule has 4 amide bonds. The van der Waals surface area contributed by atoms with Crippen LogP contribution in [0.2, 0.25) is 0 Å². The van der Waals surface area contributed by atoms with E-state index in [2.05, 4.69) is 5.32 Å². The van der Waals surface area contributed by atoms with E-state index in [-0.39, 0.29) is 12.2 Å². The second-order valence-electron chi connectivity index (χ2n) is 6.37. The van der Waals surface area contributed by atoms with Gasteiger partial charge in [-0.15, -0.1) is 0 Å². The molecule has 0 radical (unpaired) electrons. The Balaban J connectivity index is 1.92. The lowest BCUT2D eigenvalue weighted by molar-refractivity contribution is -0.152. The molecule has 23 heavy (non-hydrogen) atoms. The number of para-hydroxylation sites is 1. The first-order valence-electron chi connectivity index (χ1n) is 7.64. The number of nitrogens with one attached hydrogen (secondary N) is 1. The van der Waals surface area contributed by atoms with Crippen LogP contribution in [-0.2, 0) is 16.0 Å². The zero-order valence-corrected chi connectivity index (χ0v) is 12.6. The third-order valence-electron chi connectivity index (χ3n) is 5.27. The van der Waals surface area contributed by atoms with Crippen molar-refractivity contribution in [2.75, 3.05) is 18.5 Å². The van der Waals surface area contributed by atoms with E-state index < -0.39 is 29.3 Å². The maximum absolute atomic E-state index is 14.3. The van der Waals surface area contributed by atoms with Gasteiger partial charge >= 0.3 is 6.03 Å². The zero-order valence-electron chi connectivity index (χ0n) is 12.6. The van der Waals surface area contributed by atoms with Crippen LogP contribution < -0.4 is 10.2 Å². The van der Waals surface area contributed by atoms with Crippen molar-refractivity contribution in [3.63, 3.8) is 0 Å². The number of nitrogens with zero attached hydrogens (tertiary/aromatic N) is 2. The van der Waals surface area contributed by atoms with Gasteiger partial charge in [-0.2, -0.15) is 0 Å². The third-order valence-corrected chi connectivity index (χ3v) is 5.27. The molecule has 0 unspecified atom stereocenters. The normalized spacial score (nSPS) is 29.7. The monoisotopic (exact) mass is 317 g/mol. The highest BCUT2D eigenvalue weighted by atomic mass is 19.1. The number of barbiturate groups is 1. The molecule has 1 aromatic rings. The standard InChI is InChI=1S/C16H16FN3O3/c1-19-14(22)16(13(21)18-15(19)23)8-9-4-2-5-10(17)12(9)20-7-3-6-11(16)20/h2,4-5,11H,3,6-8H2,1H3,(H,18,21,23)/t11-,16-/m1/s1. The number of rotatable bonds is 0. The highest BCUT2D eigenvalue weighted by Crippen LogP contribution is 2.48. The average Bonchev–Trinajstić information content (AvgIpc) is 3.01. The van der Waals surface area contributed by atoms with Crippen molar-refractivity contribution < 1.29 is 18.8 Å². The topological polar surface area (TPSA) is 69.7 Å². The molecule has 3 aliphatic heterocycles. The highest BCUT2D eigenvalue weighted by Gasteiger charge is 2.62. The number of imide groups is 2. The van der Waals surface area contributed by atoms with Crippen LogP contribution in [0.25, 0.3) is 0 Å². The molecular formula is C16H16FN3O3. The van der Waals surface area contributed by atoms with Crippen LogP contribution in [0.5, 0.6) is 0 Å². The predicted octanol–water partition coefficient (Wildman–Crippen LogP) is 1.05. The Morgan fingerprint density at radius 1 is 1.30 bits per heavy atom. The fraction of sp³-hybridized carbons (Fsp3) is 0.438. The zero-order chi connectivity index (χ0) is 16.4. The van der Waals surface area contributed by atoms with Gasteiger partial charge in [0.05, 0.1) is 11.7 Å². The Bertz CT molecular complexity index is 750. The molecule has 2 atom stereocenters. The fourth-order valence-corrected chi connectivity index (χ4v) is 4.22. The molecule has 2 fully saturated rings. The van der Waals surface area contributed by atoms with Gasteiger partial charge in [-0.25, -0.2) is 9.18 Å². The van der Waals surface area contributed by atoms with Gasteiger partial charge in [0, 0.05) is 13.6 Å². The van der Waals surface area contributed by atoms with Crippen molar-refractivity contribution in [3.05, 3.63) is 29.6 Å². The quantitative estimate of drug-likeness (QED) is 0.726. The first-order valence-corrected chi connectivity index (χ1v) is 7.64. The highest BCUT2D eigenvalue weighted by molar-refractivity contribution is 6.20. The van der Waals surface area contributed by atoms with Gasteiger partial charge in [0.15, 0.2) is 5.41 Å². The number of amides is 4. The summed E-state index contributed by atoms with van der Waals surface area (Å²) in [6.45, 7) is 0.596. The van der Waals surface area contributed by atoms with Crippen molar-refractivity contribution in [2.45, 2.75) is 25.3 Å². The summed E-state index contributed by atoms with van der Waals surface area (Å²) in [5.41, 5.74) is -0.241. The van der Waals surface area contributed by atoms with Crippen LogP contribution in [0.4, 0.5) is 14.9 Å². The summed E-state index contributed by atoms with van der Waals surface area (Å²) >= 11 is 0. The van der Waals surface area contributed by atoms with E-state index in [9.17, 15) is 18.8 Å². The summed E-state index contributed by atoms with van der Waals surface area (Å²) in [7, 11) is 1.37. The average molecular weight is 317 g/mol. The van der Waals surface area contributed by atoms with Crippen molar-refractivity contribution >= 4 is 23.5 Å². The number of fused-ring (bicyclic) bond motifs is 4. The molecule has 0 bridgehead atoms. The molecule has 0 saturated carbocycles. The Hall–Kier alpha value is -2.44. The molecule has 1 N–H and O–H groups in total. The summed E-state index contributed by atoms with van der Waals surface area (Å²) in [5.74, 6) is -1.41. The number of carbonyl (C=O) groups is 3. The third kappa shape index (κ3) is 1.64. The lowest BCUT2D eigenvalue weighted by Crippen LogP contribution is -2.70. The molecule has 0 aliphatic carbocycles. The minimum absolute atomic E-state index is 0.115. The van der Waals surface area contributed by atoms with Crippen LogP contribution in [0.1, 0.15) is 18.4 Å². The lowest BCUT2D eigenvalue weighted by Gasteiger charge is -2.48. The van der Waals surface area contributed by atoms with Crippen molar-refractivity contribution in [3.8, 4) is 0 Å². The number of carbonyl (C=O) groups excluding carboxylic acids is 3.